The first-order chi connectivity index (χ1) is 20.0. The molecule has 1 amide bonds. The number of benzene rings is 2. The molecule has 0 aliphatic carbocycles. The van der Waals surface area contributed by atoms with E-state index in [2.05, 4.69) is 71.2 Å². The van der Waals surface area contributed by atoms with Crippen molar-refractivity contribution in [2.24, 2.45) is 5.41 Å². The van der Waals surface area contributed by atoms with Gasteiger partial charge in [0.15, 0.2) is 5.11 Å². The summed E-state index contributed by atoms with van der Waals surface area (Å²) >= 11 is 5.98. The van der Waals surface area contributed by atoms with E-state index < -0.39 is 5.41 Å². The second-order valence-corrected chi connectivity index (χ2v) is 12.2. The topological polar surface area (TPSA) is 71.4 Å². The molecule has 1 saturated heterocycles. The Bertz CT molecular complexity index is 1610. The van der Waals surface area contributed by atoms with Crippen LogP contribution in [0.25, 0.3) is 5.69 Å². The monoisotopic (exact) mass is 581 g/mol. The van der Waals surface area contributed by atoms with Crippen LogP contribution in [-0.4, -0.2) is 27.7 Å². The highest BCUT2D eigenvalue weighted by Crippen LogP contribution is 2.45. The van der Waals surface area contributed by atoms with Gasteiger partial charge in [-0.2, -0.15) is 0 Å². The lowest BCUT2D eigenvalue weighted by molar-refractivity contribution is -0.123. The molecule has 0 radical (unpaired) electrons. The summed E-state index contributed by atoms with van der Waals surface area (Å²) in [5.74, 6) is 0.480. The van der Waals surface area contributed by atoms with Crippen LogP contribution in [0.4, 0.5) is 11.4 Å². The number of nitrogens with one attached hydrogen (secondary N) is 2. The van der Waals surface area contributed by atoms with Crippen molar-refractivity contribution in [3.63, 3.8) is 0 Å². The second-order valence-electron chi connectivity index (χ2n) is 11.8. The zero-order valence-electron chi connectivity index (χ0n) is 25.4. The highest BCUT2D eigenvalue weighted by molar-refractivity contribution is 7.80. The minimum atomic E-state index is -0.537. The largest absolute Gasteiger partial charge is 0.494 e. The van der Waals surface area contributed by atoms with Crippen LogP contribution in [0.1, 0.15) is 68.0 Å². The smallest absolute Gasteiger partial charge is 0.229 e. The van der Waals surface area contributed by atoms with Crippen LogP contribution in [0.5, 0.6) is 5.75 Å². The summed E-state index contributed by atoms with van der Waals surface area (Å²) in [5, 5.41) is 7.17. The van der Waals surface area contributed by atoms with E-state index in [-0.39, 0.29) is 18.0 Å². The van der Waals surface area contributed by atoms with Crippen molar-refractivity contribution in [3.05, 3.63) is 101 Å². The van der Waals surface area contributed by atoms with Crippen LogP contribution >= 0.6 is 12.2 Å². The number of ether oxygens (including phenoxy) is 1. The molecule has 5 rings (SSSR count). The predicted octanol–water partition coefficient (Wildman–Crippen LogP) is 7.22. The molecule has 0 unspecified atom stereocenters. The summed E-state index contributed by atoms with van der Waals surface area (Å²) in [7, 11) is 1.61. The van der Waals surface area contributed by atoms with Gasteiger partial charge in [-0.1, -0.05) is 45.9 Å². The average Bonchev–Trinajstić information content (AvgIpc) is 3.47. The van der Waals surface area contributed by atoms with Crippen LogP contribution in [0, 0.1) is 19.3 Å². The van der Waals surface area contributed by atoms with E-state index in [4.69, 9.17) is 21.9 Å². The lowest BCUT2D eigenvalue weighted by atomic mass is 9.95. The number of thiocarbonyl (C=S) groups is 1. The number of hydrogen-bond donors (Lipinski definition) is 2. The number of rotatable bonds is 7. The number of pyridine rings is 1. The molecule has 2 atom stereocenters. The standard InChI is InChI=1S/C34H39N5O2S/c1-8-23-12-14-24(15-13-23)38-21(2)19-26(22(38)3)31-30(28-11-9-10-18-35-28)37-33(42)39(31)25-16-17-27(29(20-25)41-7)36-32(40)34(4,5)6/h9-20,30-31H,8H2,1-7H3,(H,36,40)(H,37,42)/t30-,31+/m1/s1. The van der Waals surface area contributed by atoms with Crippen molar-refractivity contribution in [1.29, 1.82) is 0 Å². The molecule has 218 valence electrons. The van der Waals surface area contributed by atoms with E-state index in [1.165, 1.54) is 5.56 Å². The zero-order valence-corrected chi connectivity index (χ0v) is 26.2. The maximum Gasteiger partial charge on any atom is 0.229 e. The van der Waals surface area contributed by atoms with Gasteiger partial charge in [-0.15, -0.1) is 0 Å². The number of aromatic nitrogens is 2. The minimum absolute atomic E-state index is 0.0839. The van der Waals surface area contributed by atoms with E-state index in [9.17, 15) is 4.79 Å². The average molecular weight is 582 g/mol. The number of amides is 1. The Kier molecular flexibility index (Phi) is 8.10. The fraction of sp³-hybridized carbons (Fsp3) is 0.324. The second kappa shape index (κ2) is 11.6. The van der Waals surface area contributed by atoms with E-state index in [0.29, 0.717) is 16.5 Å². The fourth-order valence-corrected chi connectivity index (χ4v) is 5.90. The molecule has 42 heavy (non-hydrogen) atoms. The van der Waals surface area contributed by atoms with Crippen LogP contribution in [-0.2, 0) is 11.2 Å². The van der Waals surface area contributed by atoms with Crippen molar-refractivity contribution in [3.8, 4) is 11.4 Å². The van der Waals surface area contributed by atoms with E-state index in [1.54, 1.807) is 7.11 Å². The summed E-state index contributed by atoms with van der Waals surface area (Å²) in [6.45, 7) is 12.1. The summed E-state index contributed by atoms with van der Waals surface area (Å²) in [6, 6.07) is 22.4. The highest BCUT2D eigenvalue weighted by Gasteiger charge is 2.42. The number of anilines is 2. The Labute approximate surface area is 253 Å². The van der Waals surface area contributed by atoms with E-state index in [0.717, 1.165) is 40.4 Å². The number of aryl methyl sites for hydroxylation is 2. The molecular formula is C34H39N5O2S. The normalized spacial score (nSPS) is 16.8. The third-order valence-electron chi connectivity index (χ3n) is 7.88. The first-order valence-corrected chi connectivity index (χ1v) is 14.7. The Hall–Kier alpha value is -4.17. The van der Waals surface area contributed by atoms with Crippen LogP contribution in [0.15, 0.2) is 72.9 Å². The van der Waals surface area contributed by atoms with Gasteiger partial charge in [0.2, 0.25) is 5.91 Å². The lowest BCUT2D eigenvalue weighted by Crippen LogP contribution is -2.30. The molecule has 1 fully saturated rings. The Morgan fingerprint density at radius 1 is 1.05 bits per heavy atom. The first-order valence-electron chi connectivity index (χ1n) is 14.3. The molecule has 8 heteroatoms. The first kappa shape index (κ1) is 29.3. The summed E-state index contributed by atoms with van der Waals surface area (Å²) in [6.07, 6.45) is 2.82. The maximum absolute atomic E-state index is 12.7. The molecule has 1 aliphatic heterocycles. The van der Waals surface area contributed by atoms with Gasteiger partial charge in [-0.25, -0.2) is 0 Å². The van der Waals surface area contributed by atoms with Gasteiger partial charge in [-0.05, 0) is 86.1 Å². The van der Waals surface area contributed by atoms with Gasteiger partial charge in [0.25, 0.3) is 0 Å². The molecular weight excluding hydrogens is 542 g/mol. The highest BCUT2D eigenvalue weighted by atomic mass is 32.1. The van der Waals surface area contributed by atoms with E-state index >= 15 is 0 Å². The van der Waals surface area contributed by atoms with Crippen LogP contribution in [0.3, 0.4) is 0 Å². The number of methoxy groups -OCH3 is 1. The third-order valence-corrected chi connectivity index (χ3v) is 8.20. The third kappa shape index (κ3) is 5.51. The number of carbonyl (C=O) groups is 1. The van der Waals surface area contributed by atoms with Gasteiger partial charge < -0.3 is 24.8 Å². The van der Waals surface area contributed by atoms with Crippen LogP contribution < -0.4 is 20.3 Å². The van der Waals surface area contributed by atoms with Gasteiger partial charge in [-0.3, -0.25) is 9.78 Å². The molecule has 2 aromatic heterocycles. The van der Waals surface area contributed by atoms with Crippen molar-refractivity contribution in [2.75, 3.05) is 17.3 Å². The fourth-order valence-electron chi connectivity index (χ4n) is 5.56. The molecule has 0 bridgehead atoms. The van der Waals surface area contributed by atoms with Crippen LogP contribution in [0.2, 0.25) is 0 Å². The quantitative estimate of drug-likeness (QED) is 0.225. The molecule has 0 saturated carbocycles. The van der Waals surface area contributed by atoms with Gasteiger partial charge in [0.05, 0.1) is 30.6 Å². The minimum Gasteiger partial charge on any atom is -0.494 e. The summed E-state index contributed by atoms with van der Waals surface area (Å²) in [4.78, 5) is 19.6. The molecule has 3 heterocycles. The van der Waals surface area contributed by atoms with Crippen molar-refractivity contribution in [1.82, 2.24) is 14.9 Å². The lowest BCUT2D eigenvalue weighted by Gasteiger charge is -2.29. The molecule has 7 nitrogen and oxygen atoms in total. The zero-order chi connectivity index (χ0) is 30.2. The van der Waals surface area contributed by atoms with Gasteiger partial charge >= 0.3 is 0 Å². The SMILES string of the molecule is CCc1ccc(-n2c(C)cc([C@H]3[C@@H](c4ccccn4)NC(=S)N3c3ccc(NC(=O)C(C)(C)C)c(OC)c3)c2C)cc1. The summed E-state index contributed by atoms with van der Waals surface area (Å²) in [5.41, 5.74) is 7.72. The molecule has 2 N–H and O–H groups in total. The van der Waals surface area contributed by atoms with E-state index in [1.807, 2.05) is 63.4 Å². The molecule has 1 aliphatic rings. The summed E-state index contributed by atoms with van der Waals surface area (Å²) < 4.78 is 8.05. The molecule has 0 spiro atoms. The van der Waals surface area contributed by atoms with Crippen molar-refractivity contribution in [2.45, 2.75) is 60.0 Å². The predicted molar refractivity (Wildman–Crippen MR) is 174 cm³/mol. The molecule has 2 aromatic carbocycles. The van der Waals surface area contributed by atoms with Crippen molar-refractivity contribution >= 4 is 34.6 Å². The molecule has 4 aromatic rings. The van der Waals surface area contributed by atoms with Gasteiger partial charge in [0, 0.05) is 40.4 Å². The number of hydrogen-bond acceptors (Lipinski definition) is 4. The Balaban J connectivity index is 1.61. The Morgan fingerprint density at radius 2 is 1.76 bits per heavy atom. The van der Waals surface area contributed by atoms with Gasteiger partial charge in [0.1, 0.15) is 5.75 Å². The number of nitrogens with zero attached hydrogens (tertiary/aromatic N) is 3. The van der Waals surface area contributed by atoms with Crippen molar-refractivity contribution < 1.29 is 9.53 Å². The number of carbonyl (C=O) groups excluding carboxylic acids is 1. The maximum atomic E-state index is 12.7. The Morgan fingerprint density at radius 3 is 2.38 bits per heavy atom.